The zero-order chi connectivity index (χ0) is 17.3. The molecular weight excluding hydrogens is 306 g/mol. The molecule has 1 atom stereocenters. The fraction of sp³-hybridized carbons (Fsp3) is 0.278. The Kier molecular flexibility index (Phi) is 4.20. The number of anilines is 1. The van der Waals surface area contributed by atoms with Crippen molar-refractivity contribution in [1.29, 1.82) is 0 Å². The first-order valence-electron chi connectivity index (χ1n) is 7.88. The number of nitrogens with zero attached hydrogens (tertiary/aromatic N) is 2. The Morgan fingerprint density at radius 1 is 1.29 bits per heavy atom. The van der Waals surface area contributed by atoms with Crippen molar-refractivity contribution >= 4 is 17.3 Å². The highest BCUT2D eigenvalue weighted by molar-refractivity contribution is 5.94. The van der Waals surface area contributed by atoms with Gasteiger partial charge in [-0.25, -0.2) is 0 Å². The van der Waals surface area contributed by atoms with Crippen LogP contribution in [0.25, 0.3) is 0 Å². The molecule has 0 saturated carbocycles. The number of fused-ring (bicyclic) bond motifs is 1. The predicted molar refractivity (Wildman–Crippen MR) is 92.1 cm³/mol. The molecule has 2 N–H and O–H groups in total. The second-order valence-corrected chi connectivity index (χ2v) is 6.04. The summed E-state index contributed by atoms with van der Waals surface area (Å²) in [6.45, 7) is 0. The van der Waals surface area contributed by atoms with E-state index in [9.17, 15) is 14.9 Å². The van der Waals surface area contributed by atoms with E-state index in [2.05, 4.69) is 12.1 Å². The summed E-state index contributed by atoms with van der Waals surface area (Å²) in [5.41, 5.74) is 8.27. The molecule has 124 valence electrons. The molecule has 3 rings (SSSR count). The Morgan fingerprint density at radius 2 is 2.04 bits per heavy atom. The fourth-order valence-electron chi connectivity index (χ4n) is 3.42. The molecule has 0 saturated heterocycles. The number of hydrogen-bond acceptors (Lipinski definition) is 4. The molecule has 0 radical (unpaired) electrons. The molecule has 0 unspecified atom stereocenters. The number of nitro benzene ring substituents is 1. The van der Waals surface area contributed by atoms with Crippen LogP contribution in [0.3, 0.4) is 0 Å². The highest BCUT2D eigenvalue weighted by atomic mass is 16.6. The van der Waals surface area contributed by atoms with Crippen LogP contribution >= 0.6 is 0 Å². The van der Waals surface area contributed by atoms with Crippen LogP contribution < -0.4 is 10.6 Å². The molecule has 1 aliphatic carbocycles. The number of carbonyl (C=O) groups excluding carboxylic acids is 1. The van der Waals surface area contributed by atoms with Gasteiger partial charge < -0.3 is 10.6 Å². The summed E-state index contributed by atoms with van der Waals surface area (Å²) in [5, 5.41) is 11.5. The molecule has 0 aromatic heterocycles. The lowest BCUT2D eigenvalue weighted by Crippen LogP contribution is -2.28. The van der Waals surface area contributed by atoms with Crippen molar-refractivity contribution in [2.24, 2.45) is 5.73 Å². The molecule has 0 spiro atoms. The second kappa shape index (κ2) is 6.31. The van der Waals surface area contributed by atoms with Gasteiger partial charge >= 0.3 is 0 Å². The van der Waals surface area contributed by atoms with Gasteiger partial charge in [-0.1, -0.05) is 24.3 Å². The van der Waals surface area contributed by atoms with Crippen molar-refractivity contribution in [2.45, 2.75) is 25.3 Å². The molecular formula is C18H19N3O3. The maximum Gasteiger partial charge on any atom is 0.293 e. The van der Waals surface area contributed by atoms with Crippen molar-refractivity contribution in [2.75, 3.05) is 11.9 Å². The molecule has 2 aromatic carbocycles. The van der Waals surface area contributed by atoms with E-state index in [0.29, 0.717) is 5.69 Å². The van der Waals surface area contributed by atoms with Gasteiger partial charge in [0, 0.05) is 18.7 Å². The van der Waals surface area contributed by atoms with Crippen LogP contribution in [0.15, 0.2) is 42.5 Å². The highest BCUT2D eigenvalue weighted by Gasteiger charge is 2.28. The van der Waals surface area contributed by atoms with Crippen molar-refractivity contribution in [3.05, 3.63) is 69.3 Å². The van der Waals surface area contributed by atoms with E-state index in [-0.39, 0.29) is 17.3 Å². The SMILES string of the molecule is CN(c1ccc(C(N)=O)cc1[N+](=O)[O-])[C@H]1CCCc2ccccc21. The van der Waals surface area contributed by atoms with E-state index < -0.39 is 10.8 Å². The van der Waals surface area contributed by atoms with Gasteiger partial charge in [-0.05, 0) is 42.5 Å². The topological polar surface area (TPSA) is 89.5 Å². The molecule has 0 fully saturated rings. The number of benzene rings is 2. The van der Waals surface area contributed by atoms with Crippen molar-refractivity contribution < 1.29 is 9.72 Å². The lowest BCUT2D eigenvalue weighted by molar-refractivity contribution is -0.384. The zero-order valence-electron chi connectivity index (χ0n) is 13.4. The summed E-state index contributed by atoms with van der Waals surface area (Å²) in [7, 11) is 1.86. The lowest BCUT2D eigenvalue weighted by Gasteiger charge is -2.34. The molecule has 6 nitrogen and oxygen atoms in total. The maximum absolute atomic E-state index is 11.5. The second-order valence-electron chi connectivity index (χ2n) is 6.04. The summed E-state index contributed by atoms with van der Waals surface area (Å²) in [4.78, 5) is 24.2. The van der Waals surface area contributed by atoms with Gasteiger partial charge in [0.2, 0.25) is 5.91 Å². The van der Waals surface area contributed by atoms with Gasteiger partial charge in [0.25, 0.3) is 5.69 Å². The van der Waals surface area contributed by atoms with Gasteiger partial charge in [0.15, 0.2) is 0 Å². The molecule has 6 heteroatoms. The number of nitro groups is 1. The van der Waals surface area contributed by atoms with E-state index >= 15 is 0 Å². The Balaban J connectivity index is 2.03. The lowest BCUT2D eigenvalue weighted by atomic mass is 9.86. The molecule has 24 heavy (non-hydrogen) atoms. The Morgan fingerprint density at radius 3 is 2.75 bits per heavy atom. The van der Waals surface area contributed by atoms with E-state index in [1.54, 1.807) is 6.07 Å². The van der Waals surface area contributed by atoms with Crippen LogP contribution in [0.4, 0.5) is 11.4 Å². The fourth-order valence-corrected chi connectivity index (χ4v) is 3.42. The molecule has 1 amide bonds. The highest BCUT2D eigenvalue weighted by Crippen LogP contribution is 2.39. The predicted octanol–water partition coefficient (Wildman–Crippen LogP) is 3.21. The smallest absolute Gasteiger partial charge is 0.293 e. The standard InChI is InChI=1S/C18H19N3O3/c1-20(15-8-4-6-12-5-2-3-7-14(12)15)16-10-9-13(18(19)22)11-17(16)21(23)24/h2-3,5,7,9-11,15H,4,6,8H2,1H3,(H2,19,22)/t15-/m0/s1. The van der Waals surface area contributed by atoms with Gasteiger partial charge in [-0.3, -0.25) is 14.9 Å². The number of hydrogen-bond donors (Lipinski definition) is 1. The number of primary amides is 1. The third kappa shape index (κ3) is 2.82. The minimum atomic E-state index is -0.671. The molecule has 0 heterocycles. The van der Waals surface area contributed by atoms with Crippen LogP contribution in [0, 0.1) is 10.1 Å². The number of amides is 1. The monoisotopic (exact) mass is 325 g/mol. The minimum Gasteiger partial charge on any atom is -0.366 e. The number of nitrogens with two attached hydrogens (primary N) is 1. The first kappa shape index (κ1) is 16.0. The van der Waals surface area contributed by atoms with Gasteiger partial charge in [0.1, 0.15) is 5.69 Å². The first-order valence-corrected chi connectivity index (χ1v) is 7.88. The van der Waals surface area contributed by atoms with Crippen molar-refractivity contribution in [3.8, 4) is 0 Å². The van der Waals surface area contributed by atoms with Crippen LogP contribution in [-0.4, -0.2) is 17.9 Å². The quantitative estimate of drug-likeness (QED) is 0.690. The normalized spacial score (nSPS) is 16.3. The summed E-state index contributed by atoms with van der Waals surface area (Å²) < 4.78 is 0. The first-order chi connectivity index (χ1) is 11.5. The van der Waals surface area contributed by atoms with Crippen molar-refractivity contribution in [1.82, 2.24) is 0 Å². The summed E-state index contributed by atoms with van der Waals surface area (Å²) >= 11 is 0. The molecule has 2 aromatic rings. The van der Waals surface area contributed by atoms with Gasteiger partial charge in [-0.2, -0.15) is 0 Å². The molecule has 1 aliphatic rings. The summed E-state index contributed by atoms with van der Waals surface area (Å²) in [6.07, 6.45) is 3.00. The van der Waals surface area contributed by atoms with Crippen LogP contribution in [0.2, 0.25) is 0 Å². The largest absolute Gasteiger partial charge is 0.366 e. The van der Waals surface area contributed by atoms with Crippen LogP contribution in [0.1, 0.15) is 40.4 Å². The Labute approximate surface area is 140 Å². The Hall–Kier alpha value is -2.89. The third-order valence-corrected chi connectivity index (χ3v) is 4.64. The van der Waals surface area contributed by atoms with Crippen LogP contribution in [-0.2, 0) is 6.42 Å². The number of rotatable bonds is 4. The summed E-state index contributed by atoms with van der Waals surface area (Å²) in [5.74, 6) is -0.671. The average Bonchev–Trinajstić information content (AvgIpc) is 2.60. The third-order valence-electron chi connectivity index (χ3n) is 4.64. The minimum absolute atomic E-state index is 0.0769. The number of carbonyl (C=O) groups is 1. The molecule has 0 aliphatic heterocycles. The molecule has 0 bridgehead atoms. The van der Waals surface area contributed by atoms with Gasteiger partial charge in [-0.15, -0.1) is 0 Å². The summed E-state index contributed by atoms with van der Waals surface area (Å²) in [6, 6.07) is 12.7. The zero-order valence-corrected chi connectivity index (χ0v) is 13.4. The van der Waals surface area contributed by atoms with E-state index in [1.807, 2.05) is 24.1 Å². The van der Waals surface area contributed by atoms with Crippen molar-refractivity contribution in [3.63, 3.8) is 0 Å². The number of aryl methyl sites for hydroxylation is 1. The van der Waals surface area contributed by atoms with E-state index in [0.717, 1.165) is 19.3 Å². The Bertz CT molecular complexity index is 804. The van der Waals surface area contributed by atoms with E-state index in [1.165, 1.54) is 23.3 Å². The maximum atomic E-state index is 11.5. The van der Waals surface area contributed by atoms with Gasteiger partial charge in [0.05, 0.1) is 11.0 Å². The average molecular weight is 325 g/mol. The van der Waals surface area contributed by atoms with E-state index in [4.69, 9.17) is 5.73 Å². The van der Waals surface area contributed by atoms with Crippen LogP contribution in [0.5, 0.6) is 0 Å².